The van der Waals surface area contributed by atoms with Gasteiger partial charge in [-0.05, 0) is 44.2 Å². The Morgan fingerprint density at radius 1 is 1.13 bits per heavy atom. The van der Waals surface area contributed by atoms with Crippen LogP contribution < -0.4 is 10.1 Å². The molecule has 1 amide bonds. The molecule has 0 saturated carbocycles. The summed E-state index contributed by atoms with van der Waals surface area (Å²) in [6.45, 7) is 3.50. The van der Waals surface area contributed by atoms with Gasteiger partial charge in [0.15, 0.2) is 0 Å². The second kappa shape index (κ2) is 8.39. The Bertz CT molecular complexity index is 1230. The highest BCUT2D eigenvalue weighted by Gasteiger charge is 2.17. The summed E-state index contributed by atoms with van der Waals surface area (Å²) in [5.74, 6) is 0.661. The van der Waals surface area contributed by atoms with Gasteiger partial charge in [-0.3, -0.25) is 4.79 Å². The summed E-state index contributed by atoms with van der Waals surface area (Å²) in [6, 6.07) is 11.4. The standard InChI is InChI=1S/C22H19FN4O4/c1-12-18(13(2)30-26-12)11-20(28)24-15-7-8-17(19(23)10-15)22-25-21(27-31-22)14-5-4-6-16(9-14)29-3/h4-10H,11H2,1-3H3,(H,24,28). The van der Waals surface area contributed by atoms with Crippen LogP contribution in [0.2, 0.25) is 0 Å². The van der Waals surface area contributed by atoms with Gasteiger partial charge in [0.1, 0.15) is 17.3 Å². The van der Waals surface area contributed by atoms with Gasteiger partial charge in [0, 0.05) is 16.8 Å². The molecule has 2 heterocycles. The van der Waals surface area contributed by atoms with Crippen LogP contribution in [0.3, 0.4) is 0 Å². The Labute approximate surface area is 177 Å². The molecule has 0 atom stereocenters. The molecule has 4 rings (SSSR count). The summed E-state index contributed by atoms with van der Waals surface area (Å²) in [7, 11) is 1.56. The molecule has 31 heavy (non-hydrogen) atoms. The lowest BCUT2D eigenvalue weighted by atomic mass is 10.1. The van der Waals surface area contributed by atoms with Crippen molar-refractivity contribution in [2.75, 3.05) is 12.4 Å². The van der Waals surface area contributed by atoms with Gasteiger partial charge in [-0.25, -0.2) is 4.39 Å². The molecule has 0 aliphatic rings. The minimum atomic E-state index is -0.601. The number of aryl methyl sites for hydroxylation is 2. The first-order chi connectivity index (χ1) is 14.9. The monoisotopic (exact) mass is 422 g/mol. The van der Waals surface area contributed by atoms with E-state index in [1.54, 1.807) is 51.3 Å². The van der Waals surface area contributed by atoms with Gasteiger partial charge in [-0.2, -0.15) is 4.98 Å². The van der Waals surface area contributed by atoms with E-state index in [0.29, 0.717) is 39.8 Å². The van der Waals surface area contributed by atoms with Crippen LogP contribution in [0.4, 0.5) is 10.1 Å². The summed E-state index contributed by atoms with van der Waals surface area (Å²) in [6.07, 6.45) is 0.0814. The number of nitrogens with one attached hydrogen (secondary N) is 1. The molecule has 158 valence electrons. The largest absolute Gasteiger partial charge is 0.497 e. The molecular formula is C22H19FN4O4. The van der Waals surface area contributed by atoms with Crippen molar-refractivity contribution in [1.29, 1.82) is 0 Å². The second-order valence-electron chi connectivity index (χ2n) is 6.88. The first-order valence-electron chi connectivity index (χ1n) is 9.44. The predicted molar refractivity (Wildman–Crippen MR) is 110 cm³/mol. The van der Waals surface area contributed by atoms with Gasteiger partial charge >= 0.3 is 0 Å². The van der Waals surface area contributed by atoms with Crippen LogP contribution in [0.25, 0.3) is 22.8 Å². The van der Waals surface area contributed by atoms with E-state index < -0.39 is 5.82 Å². The molecule has 0 bridgehead atoms. The van der Waals surface area contributed by atoms with Crippen LogP contribution in [-0.2, 0) is 11.2 Å². The topological polar surface area (TPSA) is 103 Å². The molecule has 0 spiro atoms. The number of ether oxygens (including phenoxy) is 1. The highest BCUT2D eigenvalue weighted by Crippen LogP contribution is 2.28. The van der Waals surface area contributed by atoms with Crippen LogP contribution >= 0.6 is 0 Å². The zero-order valence-corrected chi connectivity index (χ0v) is 17.1. The molecular weight excluding hydrogens is 403 g/mol. The summed E-state index contributed by atoms with van der Waals surface area (Å²) in [4.78, 5) is 16.6. The van der Waals surface area contributed by atoms with Gasteiger partial charge in [0.05, 0.1) is 24.8 Å². The fourth-order valence-corrected chi connectivity index (χ4v) is 3.10. The number of carbonyl (C=O) groups is 1. The number of carbonyl (C=O) groups excluding carboxylic acids is 1. The Morgan fingerprint density at radius 3 is 2.68 bits per heavy atom. The predicted octanol–water partition coefficient (Wildman–Crippen LogP) is 4.34. The van der Waals surface area contributed by atoms with Crippen molar-refractivity contribution >= 4 is 11.6 Å². The first-order valence-corrected chi connectivity index (χ1v) is 9.44. The number of amides is 1. The lowest BCUT2D eigenvalue weighted by Crippen LogP contribution is -2.15. The van der Waals surface area contributed by atoms with Crippen LogP contribution in [0.1, 0.15) is 17.0 Å². The number of hydrogen-bond donors (Lipinski definition) is 1. The summed E-state index contributed by atoms with van der Waals surface area (Å²) < 4.78 is 30.2. The molecule has 1 N–H and O–H groups in total. The third kappa shape index (κ3) is 4.30. The normalized spacial score (nSPS) is 10.8. The molecule has 0 fully saturated rings. The maximum absolute atomic E-state index is 14.7. The molecule has 9 heteroatoms. The van der Waals surface area contributed by atoms with E-state index in [0.717, 1.165) is 0 Å². The van der Waals surface area contributed by atoms with Crippen LogP contribution in [0.5, 0.6) is 5.75 Å². The van der Waals surface area contributed by atoms with Crippen molar-refractivity contribution in [2.45, 2.75) is 20.3 Å². The fourth-order valence-electron chi connectivity index (χ4n) is 3.10. The third-order valence-corrected chi connectivity index (χ3v) is 4.76. The van der Waals surface area contributed by atoms with Crippen molar-refractivity contribution in [3.63, 3.8) is 0 Å². The number of rotatable bonds is 6. The zero-order valence-electron chi connectivity index (χ0n) is 17.1. The van der Waals surface area contributed by atoms with E-state index in [2.05, 4.69) is 20.6 Å². The Kier molecular flexibility index (Phi) is 5.48. The number of nitrogens with zero attached hydrogens (tertiary/aromatic N) is 3. The van der Waals surface area contributed by atoms with Crippen molar-refractivity contribution in [3.8, 4) is 28.6 Å². The maximum atomic E-state index is 14.7. The number of hydrogen-bond acceptors (Lipinski definition) is 7. The Morgan fingerprint density at radius 2 is 1.97 bits per heavy atom. The molecule has 4 aromatic rings. The zero-order chi connectivity index (χ0) is 22.0. The van der Waals surface area contributed by atoms with Crippen molar-refractivity contribution in [2.24, 2.45) is 0 Å². The lowest BCUT2D eigenvalue weighted by molar-refractivity contribution is -0.115. The van der Waals surface area contributed by atoms with Gasteiger partial charge in [0.25, 0.3) is 5.89 Å². The molecule has 0 radical (unpaired) electrons. The Balaban J connectivity index is 1.50. The molecule has 0 aliphatic carbocycles. The van der Waals surface area contributed by atoms with Crippen molar-refractivity contribution < 1.29 is 23.0 Å². The first kappa shape index (κ1) is 20.3. The minimum Gasteiger partial charge on any atom is -0.497 e. The average Bonchev–Trinajstić information content (AvgIpc) is 3.36. The highest BCUT2D eigenvalue weighted by atomic mass is 19.1. The summed E-state index contributed by atoms with van der Waals surface area (Å²) in [5.41, 5.74) is 2.48. The second-order valence-corrected chi connectivity index (χ2v) is 6.88. The lowest BCUT2D eigenvalue weighted by Gasteiger charge is -2.06. The van der Waals surface area contributed by atoms with Crippen LogP contribution in [0, 0.1) is 19.7 Å². The number of anilines is 1. The van der Waals surface area contributed by atoms with Gasteiger partial charge in [-0.1, -0.05) is 22.4 Å². The third-order valence-electron chi connectivity index (χ3n) is 4.76. The van der Waals surface area contributed by atoms with Gasteiger partial charge in [0.2, 0.25) is 11.7 Å². The van der Waals surface area contributed by atoms with Gasteiger partial charge in [-0.15, -0.1) is 0 Å². The van der Waals surface area contributed by atoms with E-state index in [9.17, 15) is 9.18 Å². The molecule has 2 aromatic heterocycles. The van der Waals surface area contributed by atoms with E-state index in [1.165, 1.54) is 12.1 Å². The fraction of sp³-hybridized carbons (Fsp3) is 0.182. The highest BCUT2D eigenvalue weighted by molar-refractivity contribution is 5.92. The number of aromatic nitrogens is 3. The molecule has 2 aromatic carbocycles. The van der Waals surface area contributed by atoms with Crippen LogP contribution in [-0.4, -0.2) is 28.3 Å². The number of benzene rings is 2. The van der Waals surface area contributed by atoms with Crippen molar-refractivity contribution in [1.82, 2.24) is 15.3 Å². The van der Waals surface area contributed by atoms with Gasteiger partial charge < -0.3 is 19.1 Å². The summed E-state index contributed by atoms with van der Waals surface area (Å²) >= 11 is 0. The summed E-state index contributed by atoms with van der Waals surface area (Å²) in [5, 5.41) is 10.4. The van der Waals surface area contributed by atoms with Crippen LogP contribution in [0.15, 0.2) is 51.5 Å². The van der Waals surface area contributed by atoms with E-state index in [-0.39, 0.29) is 23.8 Å². The quantitative estimate of drug-likeness (QED) is 0.493. The van der Waals surface area contributed by atoms with E-state index >= 15 is 0 Å². The minimum absolute atomic E-state index is 0.0314. The molecule has 0 aliphatic heterocycles. The average molecular weight is 422 g/mol. The van der Waals surface area contributed by atoms with E-state index in [4.69, 9.17) is 13.8 Å². The number of methoxy groups -OCH3 is 1. The molecule has 0 saturated heterocycles. The van der Waals surface area contributed by atoms with E-state index in [1.807, 2.05) is 0 Å². The number of halogens is 1. The molecule has 0 unspecified atom stereocenters. The maximum Gasteiger partial charge on any atom is 0.261 e. The smallest absolute Gasteiger partial charge is 0.261 e. The SMILES string of the molecule is COc1cccc(-c2noc(-c3ccc(NC(=O)Cc4c(C)noc4C)cc3F)n2)c1. The molecule has 8 nitrogen and oxygen atoms in total. The Hall–Kier alpha value is -4.01. The van der Waals surface area contributed by atoms with Crippen molar-refractivity contribution in [3.05, 3.63) is 65.3 Å².